The van der Waals surface area contributed by atoms with E-state index in [9.17, 15) is 24.0 Å². The van der Waals surface area contributed by atoms with Crippen LogP contribution in [0.25, 0.3) is 21.5 Å². The van der Waals surface area contributed by atoms with Crippen molar-refractivity contribution in [3.63, 3.8) is 0 Å². The summed E-state index contributed by atoms with van der Waals surface area (Å²) in [7, 11) is 0. The van der Waals surface area contributed by atoms with Gasteiger partial charge in [0.1, 0.15) is 0 Å². The minimum atomic E-state index is -1.46. The highest BCUT2D eigenvalue weighted by molar-refractivity contribution is 6.30. The molecule has 2 heterocycles. The van der Waals surface area contributed by atoms with E-state index in [0.29, 0.717) is 16.9 Å². The number of nitrogens with zero attached hydrogens (tertiary/aromatic N) is 2. The monoisotopic (exact) mass is 598 g/mol. The number of esters is 1. The van der Waals surface area contributed by atoms with Crippen molar-refractivity contribution in [2.24, 2.45) is 35.0 Å². The average Bonchev–Trinajstić information content (AvgIpc) is 3.46. The molecule has 3 aliphatic carbocycles. The smallest absolute Gasteiger partial charge is 0.334 e. The summed E-state index contributed by atoms with van der Waals surface area (Å²) < 4.78 is 5.51. The minimum Gasteiger partial charge on any atom is -0.463 e. The Balaban J connectivity index is 1.33. The Labute approximate surface area is 259 Å². The molecule has 0 N–H and O–H groups in total. The molecule has 4 amide bonds. The predicted octanol–water partition coefficient (Wildman–Crippen LogP) is 5.43. The van der Waals surface area contributed by atoms with Crippen LogP contribution < -0.4 is 9.80 Å². The molecule has 224 valence electrons. The summed E-state index contributed by atoms with van der Waals surface area (Å²) in [5.41, 5.74) is 0.226. The first-order valence-corrected chi connectivity index (χ1v) is 15.3. The Bertz CT molecular complexity index is 1930. The summed E-state index contributed by atoms with van der Waals surface area (Å²) in [6, 6.07) is 25.9. The van der Waals surface area contributed by atoms with Gasteiger partial charge in [-0.1, -0.05) is 85.3 Å². The second-order valence-corrected chi connectivity index (χ2v) is 12.6. The van der Waals surface area contributed by atoms with Gasteiger partial charge in [0.05, 0.1) is 41.7 Å². The van der Waals surface area contributed by atoms with Crippen molar-refractivity contribution in [1.82, 2.24) is 0 Å². The maximum absolute atomic E-state index is 14.6. The van der Waals surface area contributed by atoms with Crippen LogP contribution in [0, 0.1) is 35.0 Å². The van der Waals surface area contributed by atoms with Crippen LogP contribution in [0.3, 0.4) is 0 Å². The van der Waals surface area contributed by atoms with E-state index in [1.54, 1.807) is 45.0 Å². The molecule has 3 fully saturated rings. The lowest BCUT2D eigenvalue weighted by Gasteiger charge is -2.55. The molecule has 4 aromatic carbocycles. The highest BCUT2D eigenvalue weighted by Crippen LogP contribution is 2.69. The lowest BCUT2D eigenvalue weighted by atomic mass is 9.43. The number of imide groups is 2. The van der Waals surface area contributed by atoms with E-state index in [1.807, 2.05) is 60.7 Å². The topological polar surface area (TPSA) is 101 Å². The molecule has 0 radical (unpaired) electrons. The fraction of sp³-hybridized carbons (Fsp3) is 0.270. The second kappa shape index (κ2) is 9.44. The van der Waals surface area contributed by atoms with Crippen LogP contribution in [-0.4, -0.2) is 36.2 Å². The number of hydrogen-bond acceptors (Lipinski definition) is 6. The Kier molecular flexibility index (Phi) is 5.76. The molecular formula is C37H30N2O6. The number of fused-ring (bicyclic) bond motifs is 2. The lowest BCUT2D eigenvalue weighted by Crippen LogP contribution is -2.61. The molecule has 2 saturated heterocycles. The molecule has 2 aliphatic heterocycles. The summed E-state index contributed by atoms with van der Waals surface area (Å²) in [6.07, 6.45) is 0. The third-order valence-corrected chi connectivity index (χ3v) is 10.7. The van der Waals surface area contributed by atoms with Crippen LogP contribution in [0.15, 0.2) is 96.1 Å². The maximum atomic E-state index is 14.6. The standard InChI is InChI=1S/C37H30N2O6/c1-4-45-36(44)29-19(2)26-27-30(34(42)38(32(27)40)24-17-9-13-20-11-5-7-15-22(20)24)37(29,3)31-28(26)33(41)39(35(31)43)25-18-10-14-21-12-6-8-16-23(21)25/h5-18,26-28,30-31H,4H2,1-3H3/t26?,27-,28+,30-,31+,37?. The van der Waals surface area contributed by atoms with Gasteiger partial charge >= 0.3 is 5.97 Å². The van der Waals surface area contributed by atoms with E-state index in [0.717, 1.165) is 21.5 Å². The van der Waals surface area contributed by atoms with Crippen LogP contribution in [0.1, 0.15) is 20.8 Å². The van der Waals surface area contributed by atoms with Crippen molar-refractivity contribution in [1.29, 1.82) is 0 Å². The second-order valence-electron chi connectivity index (χ2n) is 12.6. The zero-order valence-electron chi connectivity index (χ0n) is 25.0. The van der Waals surface area contributed by atoms with Crippen molar-refractivity contribution in [3.05, 3.63) is 96.1 Å². The molecular weight excluding hydrogens is 568 g/mol. The third kappa shape index (κ3) is 3.34. The molecule has 0 aromatic heterocycles. The molecule has 0 spiro atoms. The predicted molar refractivity (Wildman–Crippen MR) is 168 cm³/mol. The van der Waals surface area contributed by atoms with Crippen molar-refractivity contribution in [2.45, 2.75) is 20.8 Å². The molecule has 2 bridgehead atoms. The fourth-order valence-corrected chi connectivity index (χ4v) is 9.09. The number of ether oxygens (including phenoxy) is 1. The van der Waals surface area contributed by atoms with Crippen molar-refractivity contribution in [2.75, 3.05) is 16.4 Å². The third-order valence-electron chi connectivity index (χ3n) is 10.7. The minimum absolute atomic E-state index is 0.0998. The number of rotatable bonds is 4. The molecule has 8 nitrogen and oxygen atoms in total. The number of carbonyl (C=O) groups is 5. The van der Waals surface area contributed by atoms with E-state index >= 15 is 0 Å². The lowest BCUT2D eigenvalue weighted by molar-refractivity contribution is -0.155. The number of allylic oxidation sites excluding steroid dienone is 1. The first-order valence-electron chi connectivity index (χ1n) is 15.3. The van der Waals surface area contributed by atoms with Gasteiger partial charge in [-0.25, -0.2) is 14.6 Å². The van der Waals surface area contributed by atoms with Crippen molar-refractivity contribution >= 4 is 62.5 Å². The van der Waals surface area contributed by atoms with E-state index < -0.39 is 64.6 Å². The molecule has 1 saturated carbocycles. The quantitative estimate of drug-likeness (QED) is 0.229. The molecule has 8 heteroatoms. The van der Waals surface area contributed by atoms with Crippen LogP contribution in [0.2, 0.25) is 0 Å². The summed E-state index contributed by atoms with van der Waals surface area (Å²) >= 11 is 0. The summed E-state index contributed by atoms with van der Waals surface area (Å²) in [5, 5.41) is 3.22. The van der Waals surface area contributed by atoms with Gasteiger partial charge in [0.15, 0.2) is 0 Å². The molecule has 6 atom stereocenters. The Hall–Kier alpha value is -5.11. The van der Waals surface area contributed by atoms with Crippen LogP contribution in [0.4, 0.5) is 11.4 Å². The van der Waals surface area contributed by atoms with Crippen LogP contribution >= 0.6 is 0 Å². The number of hydrogen-bond donors (Lipinski definition) is 0. The van der Waals surface area contributed by atoms with Crippen molar-refractivity contribution < 1.29 is 28.7 Å². The fourth-order valence-electron chi connectivity index (χ4n) is 9.09. The van der Waals surface area contributed by atoms with Gasteiger partial charge in [-0.05, 0) is 36.8 Å². The molecule has 45 heavy (non-hydrogen) atoms. The number of amides is 4. The van der Waals surface area contributed by atoms with Crippen LogP contribution in [0.5, 0.6) is 0 Å². The Morgan fingerprint density at radius 1 is 0.667 bits per heavy atom. The summed E-state index contributed by atoms with van der Waals surface area (Å²) in [6.45, 7) is 5.26. The molecule has 5 aliphatic rings. The summed E-state index contributed by atoms with van der Waals surface area (Å²) in [5.74, 6) is -7.08. The van der Waals surface area contributed by atoms with Gasteiger partial charge < -0.3 is 4.74 Å². The van der Waals surface area contributed by atoms with Gasteiger partial charge in [0.25, 0.3) is 0 Å². The van der Waals surface area contributed by atoms with Crippen molar-refractivity contribution in [3.8, 4) is 0 Å². The Morgan fingerprint density at radius 3 is 1.58 bits per heavy atom. The van der Waals surface area contributed by atoms with Gasteiger partial charge in [-0.15, -0.1) is 0 Å². The highest BCUT2D eigenvalue weighted by atomic mass is 16.5. The maximum Gasteiger partial charge on any atom is 0.334 e. The SMILES string of the molecule is CCOC(=O)C1=C(C)C2[C@H]3C(=O)N(c4cccc5ccccc45)C(=O)[C@@H]3C1(C)[C@@H]1C(=O)N(c3cccc4ccccc34)C(=O)[C@@H]21. The highest BCUT2D eigenvalue weighted by Gasteiger charge is 2.77. The van der Waals surface area contributed by atoms with E-state index in [4.69, 9.17) is 4.74 Å². The average molecular weight is 599 g/mol. The number of anilines is 2. The van der Waals surface area contributed by atoms with Gasteiger partial charge in [0, 0.05) is 27.7 Å². The number of benzene rings is 4. The zero-order chi connectivity index (χ0) is 31.4. The molecule has 4 aromatic rings. The van der Waals surface area contributed by atoms with Gasteiger partial charge in [-0.3, -0.25) is 19.2 Å². The first-order chi connectivity index (χ1) is 21.7. The molecule has 2 unspecified atom stereocenters. The van der Waals surface area contributed by atoms with Gasteiger partial charge in [0.2, 0.25) is 23.6 Å². The van der Waals surface area contributed by atoms with E-state index in [-0.39, 0.29) is 12.2 Å². The first kappa shape index (κ1) is 27.4. The largest absolute Gasteiger partial charge is 0.463 e. The Morgan fingerprint density at radius 2 is 1.11 bits per heavy atom. The zero-order valence-corrected chi connectivity index (χ0v) is 25.0. The van der Waals surface area contributed by atoms with Crippen LogP contribution in [-0.2, 0) is 28.7 Å². The summed E-state index contributed by atoms with van der Waals surface area (Å²) in [4.78, 5) is 74.5. The van der Waals surface area contributed by atoms with E-state index in [2.05, 4.69) is 0 Å². The normalized spacial score (nSPS) is 28.8. The number of carbonyl (C=O) groups excluding carboxylic acids is 5. The van der Waals surface area contributed by atoms with Gasteiger partial charge in [-0.2, -0.15) is 0 Å². The van der Waals surface area contributed by atoms with E-state index in [1.165, 1.54) is 9.80 Å². The molecule has 9 rings (SSSR count).